The second kappa shape index (κ2) is 13.3. The molecular formula is C41H26N4O8S2+2. The van der Waals surface area contributed by atoms with Gasteiger partial charge in [0, 0.05) is 51.2 Å². The van der Waals surface area contributed by atoms with Crippen molar-refractivity contribution in [2.45, 2.75) is 16.2 Å². The normalized spacial score (nSPS) is 11.7. The van der Waals surface area contributed by atoms with Crippen molar-refractivity contribution in [2.75, 3.05) is 0 Å². The lowest BCUT2D eigenvalue weighted by Crippen LogP contribution is -2.13. The Morgan fingerprint density at radius 1 is 0.455 bits per heavy atom. The molecule has 0 aliphatic heterocycles. The number of benzene rings is 8. The van der Waals surface area contributed by atoms with Crippen molar-refractivity contribution in [1.82, 2.24) is 0 Å². The predicted octanol–water partition coefficient (Wildman–Crippen LogP) is 9.81. The first-order valence-electron chi connectivity index (χ1n) is 16.6. The van der Waals surface area contributed by atoms with Crippen LogP contribution in [0.5, 0.6) is 23.0 Å². The van der Waals surface area contributed by atoms with Crippen LogP contribution < -0.4 is 8.37 Å². The summed E-state index contributed by atoms with van der Waals surface area (Å²) in [6.07, 6.45) is -0.0478. The lowest BCUT2D eigenvalue weighted by atomic mass is 9.93. The van der Waals surface area contributed by atoms with E-state index in [-0.39, 0.29) is 60.6 Å². The van der Waals surface area contributed by atoms with E-state index in [1.165, 1.54) is 72.8 Å². The zero-order valence-corrected chi connectivity index (χ0v) is 30.0. The van der Waals surface area contributed by atoms with E-state index in [1.54, 1.807) is 36.4 Å². The van der Waals surface area contributed by atoms with Crippen molar-refractivity contribution < 1.29 is 35.4 Å². The average Bonchev–Trinajstić information content (AvgIpc) is 3.19. The first kappa shape index (κ1) is 34.8. The maximum Gasteiger partial charge on any atom is 0.426 e. The van der Waals surface area contributed by atoms with Crippen LogP contribution in [-0.2, 0) is 26.7 Å². The van der Waals surface area contributed by atoms with Crippen LogP contribution in [0, 0.1) is 10.8 Å². The molecule has 14 heteroatoms. The van der Waals surface area contributed by atoms with E-state index < -0.39 is 31.7 Å². The van der Waals surface area contributed by atoms with Crippen LogP contribution in [0.1, 0.15) is 11.1 Å². The Labute approximate surface area is 313 Å². The summed E-state index contributed by atoms with van der Waals surface area (Å²) >= 11 is 0. The van der Waals surface area contributed by atoms with Gasteiger partial charge in [-0.1, -0.05) is 84.9 Å². The van der Waals surface area contributed by atoms with Gasteiger partial charge in [-0.25, -0.2) is 0 Å². The minimum absolute atomic E-state index is 0.0294. The fourth-order valence-electron chi connectivity index (χ4n) is 6.86. The molecule has 268 valence electrons. The van der Waals surface area contributed by atoms with Crippen molar-refractivity contribution >= 4 is 74.7 Å². The fourth-order valence-corrected chi connectivity index (χ4v) is 9.21. The molecule has 12 nitrogen and oxygen atoms in total. The summed E-state index contributed by atoms with van der Waals surface area (Å²) in [5, 5.41) is 43.1. The number of aromatic hydroxyl groups is 2. The van der Waals surface area contributed by atoms with Crippen LogP contribution in [-0.4, -0.2) is 27.0 Å². The number of phenolic OH excluding ortho intramolecular Hbond substituents is 2. The third-order valence-electron chi connectivity index (χ3n) is 9.45. The molecule has 0 spiro atoms. The topological polar surface area (TPSA) is 183 Å². The molecule has 0 atom stereocenters. The largest absolute Gasteiger partial charge is 0.501 e. The Hall–Kier alpha value is -7.26. The summed E-state index contributed by atoms with van der Waals surface area (Å²) in [6, 6.07) is 34.9. The minimum atomic E-state index is -4.58. The number of hydrogen-bond donors (Lipinski definition) is 2. The molecule has 0 radical (unpaired) electrons. The molecule has 0 saturated heterocycles. The molecule has 2 N–H and O–H groups in total. The molecule has 0 aliphatic carbocycles. The summed E-state index contributed by atoms with van der Waals surface area (Å²) in [7, 11) is -9.16. The van der Waals surface area contributed by atoms with E-state index in [9.17, 15) is 37.8 Å². The number of fused-ring (bicyclic) bond motifs is 4. The molecule has 0 saturated carbocycles. The molecule has 0 aromatic heterocycles. The van der Waals surface area contributed by atoms with Crippen molar-refractivity contribution in [3.05, 3.63) is 155 Å². The molecule has 8 aromatic carbocycles. The van der Waals surface area contributed by atoms with Crippen molar-refractivity contribution in [3.8, 4) is 23.0 Å². The molecule has 8 rings (SSSR count). The van der Waals surface area contributed by atoms with E-state index >= 15 is 0 Å². The molecule has 8 aromatic rings. The Balaban J connectivity index is 1.27. The van der Waals surface area contributed by atoms with Gasteiger partial charge in [0.1, 0.15) is 21.3 Å². The van der Waals surface area contributed by atoms with Gasteiger partial charge in [0.05, 0.1) is 0 Å². The summed E-state index contributed by atoms with van der Waals surface area (Å²) in [5.41, 5.74) is 0.556. The number of rotatable bonds is 8. The van der Waals surface area contributed by atoms with Crippen LogP contribution in [0.4, 0.5) is 11.4 Å². The highest BCUT2D eigenvalue weighted by Crippen LogP contribution is 2.42. The number of phenols is 2. The number of nitrogens with zero attached hydrogens (tertiary/aromatic N) is 4. The van der Waals surface area contributed by atoms with Crippen molar-refractivity contribution in [2.24, 2.45) is 0 Å². The fraction of sp³-hybridized carbons (Fsp3) is 0.0244. The van der Waals surface area contributed by atoms with Gasteiger partial charge in [-0.15, -0.1) is 0 Å². The highest BCUT2D eigenvalue weighted by atomic mass is 32.2. The summed E-state index contributed by atoms with van der Waals surface area (Å²) in [4.78, 5) is 5.61. The molecule has 0 bridgehead atoms. The first-order chi connectivity index (χ1) is 26.5. The lowest BCUT2D eigenvalue weighted by Gasteiger charge is -2.18. The quantitative estimate of drug-likeness (QED) is 0.111. The van der Waals surface area contributed by atoms with Crippen LogP contribution in [0.3, 0.4) is 0 Å². The predicted molar refractivity (Wildman–Crippen MR) is 207 cm³/mol. The first-order valence-corrected chi connectivity index (χ1v) is 19.4. The Kier molecular flexibility index (Phi) is 8.42. The third kappa shape index (κ3) is 6.01. The maximum atomic E-state index is 14.1. The Morgan fingerprint density at radius 3 is 1.27 bits per heavy atom. The van der Waals surface area contributed by atoms with Crippen molar-refractivity contribution in [1.29, 1.82) is 10.8 Å². The SMILES string of the molecule is N#[N+]c1ccc2c(S(=O)(=O)Oc3ccc4ccccc4c3Cc3c(OS(=O)(=O)c4cccc5c(O)c([N+]#N)ccc45)ccc4ccccc34)cccc2c1O. The van der Waals surface area contributed by atoms with E-state index in [4.69, 9.17) is 8.37 Å². The lowest BCUT2D eigenvalue weighted by molar-refractivity contribution is 0.483. The minimum Gasteiger partial charge on any atom is -0.501 e. The van der Waals surface area contributed by atoms with Crippen molar-refractivity contribution in [3.63, 3.8) is 0 Å². The molecule has 0 fully saturated rings. The highest BCUT2D eigenvalue weighted by molar-refractivity contribution is 7.87. The highest BCUT2D eigenvalue weighted by Gasteiger charge is 2.28. The zero-order chi connectivity index (χ0) is 38.5. The standard InChI is InChI=1S/C41H24N4O8S2/c42-44-34-19-17-28-30(40(34)46)11-5-13-38(28)54(48,49)52-36-21-15-24-7-1-3-9-26(24)32(36)23-33-27-10-4-2-8-25(27)16-22-37(33)53-55(50,51)39-14-6-12-31-29(39)18-20-35(45-43)41(31)47/h1-22H,23H2/p+2. The van der Waals surface area contributed by atoms with Gasteiger partial charge in [0.15, 0.2) is 9.95 Å². The van der Waals surface area contributed by atoms with Gasteiger partial charge in [-0.2, -0.15) is 16.8 Å². The van der Waals surface area contributed by atoms with E-state index in [0.29, 0.717) is 21.9 Å². The summed E-state index contributed by atoms with van der Waals surface area (Å²) in [5.74, 6) is -0.878. The van der Waals surface area contributed by atoms with Crippen LogP contribution in [0.2, 0.25) is 0 Å². The van der Waals surface area contributed by atoms with E-state index in [0.717, 1.165) is 10.8 Å². The molecule has 55 heavy (non-hydrogen) atoms. The zero-order valence-electron chi connectivity index (χ0n) is 28.4. The third-order valence-corrected chi connectivity index (χ3v) is 12.0. The van der Waals surface area contributed by atoms with Gasteiger partial charge >= 0.3 is 31.6 Å². The maximum absolute atomic E-state index is 14.1. The van der Waals surface area contributed by atoms with Gasteiger partial charge in [-0.3, -0.25) is 0 Å². The van der Waals surface area contributed by atoms with E-state index in [1.807, 2.05) is 24.3 Å². The summed E-state index contributed by atoms with van der Waals surface area (Å²) < 4.78 is 68.2. The molecule has 0 heterocycles. The monoisotopic (exact) mass is 766 g/mol. The van der Waals surface area contributed by atoms with Crippen LogP contribution in [0.15, 0.2) is 143 Å². The van der Waals surface area contributed by atoms with Gasteiger partial charge in [-0.05, 0) is 57.9 Å². The van der Waals surface area contributed by atoms with Gasteiger partial charge < -0.3 is 18.6 Å². The second-order valence-electron chi connectivity index (χ2n) is 12.5. The Bertz CT molecular complexity index is 3010. The molecular weight excluding hydrogens is 741 g/mol. The van der Waals surface area contributed by atoms with Gasteiger partial charge in [0.2, 0.25) is 22.3 Å². The summed E-state index contributed by atoms with van der Waals surface area (Å²) in [6.45, 7) is 0. The van der Waals surface area contributed by atoms with E-state index in [2.05, 4.69) is 9.95 Å². The smallest absolute Gasteiger partial charge is 0.426 e. The number of diazo groups is 2. The second-order valence-corrected chi connectivity index (χ2v) is 15.6. The van der Waals surface area contributed by atoms with Crippen LogP contribution in [0.25, 0.3) is 53.0 Å². The molecule has 0 aliphatic rings. The molecule has 0 amide bonds. The Morgan fingerprint density at radius 2 is 0.855 bits per heavy atom. The average molecular weight is 767 g/mol. The molecule has 0 unspecified atom stereocenters. The van der Waals surface area contributed by atoms with Crippen LogP contribution >= 0.6 is 0 Å². The number of hydrogen-bond acceptors (Lipinski definition) is 10. The van der Waals surface area contributed by atoms with Gasteiger partial charge in [0.25, 0.3) is 0 Å².